The Labute approximate surface area is 141 Å². The lowest BCUT2D eigenvalue weighted by molar-refractivity contribution is -0.137. The Morgan fingerprint density at radius 2 is 2.04 bits per heavy atom. The second-order valence-electron chi connectivity index (χ2n) is 5.80. The quantitative estimate of drug-likeness (QED) is 0.799. The fraction of sp³-hybridized carbons (Fsp3) is 0.529. The first-order valence-corrected chi connectivity index (χ1v) is 8.30. The summed E-state index contributed by atoms with van der Waals surface area (Å²) >= 11 is 5.85. The number of nitrogens with one attached hydrogen (secondary N) is 1. The average Bonchev–Trinajstić information content (AvgIpc) is 2.53. The van der Waals surface area contributed by atoms with Crippen LogP contribution in [0.1, 0.15) is 50.1 Å². The minimum Gasteiger partial charge on any atom is -0.481 e. The van der Waals surface area contributed by atoms with Crippen LogP contribution in [0.2, 0.25) is 5.02 Å². The van der Waals surface area contributed by atoms with Gasteiger partial charge in [-0.2, -0.15) is 0 Å². The molecule has 1 aromatic rings. The van der Waals surface area contributed by atoms with Crippen molar-refractivity contribution in [2.45, 2.75) is 50.7 Å². The summed E-state index contributed by atoms with van der Waals surface area (Å²) in [4.78, 5) is 23.2. The molecule has 1 aromatic carbocycles. The van der Waals surface area contributed by atoms with Gasteiger partial charge < -0.3 is 15.2 Å². The van der Waals surface area contributed by atoms with Gasteiger partial charge in [0, 0.05) is 18.1 Å². The number of rotatable bonds is 7. The molecule has 0 aliphatic carbocycles. The molecule has 6 heteroatoms. The van der Waals surface area contributed by atoms with Crippen molar-refractivity contribution in [1.29, 1.82) is 0 Å². The lowest BCUT2D eigenvalue weighted by Crippen LogP contribution is -2.31. The molecule has 0 aromatic heterocycles. The van der Waals surface area contributed by atoms with Gasteiger partial charge >= 0.3 is 5.97 Å². The van der Waals surface area contributed by atoms with Gasteiger partial charge in [-0.1, -0.05) is 23.7 Å². The maximum absolute atomic E-state index is 12.1. The van der Waals surface area contributed by atoms with E-state index < -0.39 is 12.0 Å². The molecule has 2 atom stereocenters. The highest BCUT2D eigenvalue weighted by molar-refractivity contribution is 6.30. The molecule has 1 heterocycles. The van der Waals surface area contributed by atoms with Crippen molar-refractivity contribution < 1.29 is 19.4 Å². The summed E-state index contributed by atoms with van der Waals surface area (Å²) in [5, 5.41) is 12.4. The molecule has 0 spiro atoms. The maximum Gasteiger partial charge on any atom is 0.305 e. The monoisotopic (exact) mass is 339 g/mol. The van der Waals surface area contributed by atoms with E-state index in [1.54, 1.807) is 24.3 Å². The van der Waals surface area contributed by atoms with Gasteiger partial charge in [-0.15, -0.1) is 0 Å². The molecule has 1 fully saturated rings. The molecular weight excluding hydrogens is 318 g/mol. The summed E-state index contributed by atoms with van der Waals surface area (Å²) in [6.45, 7) is 0.763. The molecule has 5 nitrogen and oxygen atoms in total. The molecule has 126 valence electrons. The predicted octanol–water partition coefficient (Wildman–Crippen LogP) is 3.32. The van der Waals surface area contributed by atoms with E-state index in [9.17, 15) is 9.59 Å². The van der Waals surface area contributed by atoms with Gasteiger partial charge in [0.05, 0.1) is 18.6 Å². The van der Waals surface area contributed by atoms with E-state index >= 15 is 0 Å². The van der Waals surface area contributed by atoms with E-state index in [0.29, 0.717) is 17.9 Å². The summed E-state index contributed by atoms with van der Waals surface area (Å²) < 4.78 is 5.61. The summed E-state index contributed by atoms with van der Waals surface area (Å²) in [5.74, 6) is -1.11. The summed E-state index contributed by atoms with van der Waals surface area (Å²) in [6.07, 6.45) is 4.21. The van der Waals surface area contributed by atoms with Crippen LogP contribution in [0.4, 0.5) is 0 Å². The molecule has 0 saturated carbocycles. The largest absolute Gasteiger partial charge is 0.481 e. The van der Waals surface area contributed by atoms with Crippen molar-refractivity contribution in [3.63, 3.8) is 0 Å². The molecule has 0 bridgehead atoms. The third-order valence-electron chi connectivity index (χ3n) is 3.95. The number of carboxylic acids is 1. The van der Waals surface area contributed by atoms with Crippen LogP contribution in [0.15, 0.2) is 24.3 Å². The zero-order valence-electron chi connectivity index (χ0n) is 13.0. The number of hydrogen-bond acceptors (Lipinski definition) is 3. The van der Waals surface area contributed by atoms with Gasteiger partial charge in [0.25, 0.3) is 0 Å². The average molecular weight is 340 g/mol. The number of halogens is 1. The SMILES string of the molecule is O=C(O)C[C@H](NC(=O)CCC1CCCCO1)c1ccc(Cl)cc1. The number of aliphatic carboxylic acids is 1. The molecule has 1 unspecified atom stereocenters. The highest BCUT2D eigenvalue weighted by atomic mass is 35.5. The highest BCUT2D eigenvalue weighted by Gasteiger charge is 2.20. The van der Waals surface area contributed by atoms with Gasteiger partial charge in [-0.05, 0) is 43.4 Å². The Bertz CT molecular complexity index is 526. The van der Waals surface area contributed by atoms with E-state index in [1.165, 1.54) is 0 Å². The molecule has 2 rings (SSSR count). The summed E-state index contributed by atoms with van der Waals surface area (Å²) in [6, 6.07) is 6.30. The number of ether oxygens (including phenoxy) is 1. The Morgan fingerprint density at radius 3 is 2.65 bits per heavy atom. The summed E-state index contributed by atoms with van der Waals surface area (Å²) in [5.41, 5.74) is 0.735. The molecule has 0 radical (unpaired) electrons. The predicted molar refractivity (Wildman–Crippen MR) is 87.4 cm³/mol. The van der Waals surface area contributed by atoms with Crippen LogP contribution in [-0.2, 0) is 14.3 Å². The van der Waals surface area contributed by atoms with Crippen LogP contribution in [0.5, 0.6) is 0 Å². The van der Waals surface area contributed by atoms with Crippen molar-refractivity contribution in [2.24, 2.45) is 0 Å². The standard InChI is InChI=1S/C17H22ClNO4/c18-13-6-4-12(5-7-13)15(11-17(21)22)19-16(20)9-8-14-3-1-2-10-23-14/h4-7,14-15H,1-3,8-11H2,(H,19,20)(H,21,22)/t14?,15-/m0/s1. The van der Waals surface area contributed by atoms with Crippen LogP contribution < -0.4 is 5.32 Å². The first-order valence-electron chi connectivity index (χ1n) is 7.93. The third-order valence-corrected chi connectivity index (χ3v) is 4.21. The Balaban J connectivity index is 1.89. The number of hydrogen-bond donors (Lipinski definition) is 2. The van der Waals surface area contributed by atoms with E-state index in [-0.39, 0.29) is 18.4 Å². The Morgan fingerprint density at radius 1 is 1.30 bits per heavy atom. The van der Waals surface area contributed by atoms with Crippen LogP contribution in [0, 0.1) is 0 Å². The van der Waals surface area contributed by atoms with Crippen molar-refractivity contribution in [2.75, 3.05) is 6.61 Å². The normalized spacial score (nSPS) is 19.1. The first kappa shape index (κ1) is 17.8. The molecule has 23 heavy (non-hydrogen) atoms. The number of carbonyl (C=O) groups excluding carboxylic acids is 1. The molecule has 2 N–H and O–H groups in total. The van der Waals surface area contributed by atoms with Crippen molar-refractivity contribution in [3.8, 4) is 0 Å². The van der Waals surface area contributed by atoms with Crippen LogP contribution >= 0.6 is 11.6 Å². The van der Waals surface area contributed by atoms with E-state index in [0.717, 1.165) is 31.4 Å². The summed E-state index contributed by atoms with van der Waals surface area (Å²) in [7, 11) is 0. The fourth-order valence-corrected chi connectivity index (χ4v) is 2.84. The maximum atomic E-state index is 12.1. The second-order valence-corrected chi connectivity index (χ2v) is 6.23. The number of carboxylic acid groups (broad SMARTS) is 1. The zero-order valence-corrected chi connectivity index (χ0v) is 13.7. The third kappa shape index (κ3) is 6.20. The minimum atomic E-state index is -0.958. The number of carbonyl (C=O) groups is 2. The van der Waals surface area contributed by atoms with E-state index in [1.807, 2.05) is 0 Å². The van der Waals surface area contributed by atoms with Crippen molar-refractivity contribution in [3.05, 3.63) is 34.9 Å². The molecule has 1 aliphatic heterocycles. The lowest BCUT2D eigenvalue weighted by atomic mass is 10.0. The van der Waals surface area contributed by atoms with Gasteiger partial charge in [0.2, 0.25) is 5.91 Å². The van der Waals surface area contributed by atoms with Gasteiger partial charge in [0.15, 0.2) is 0 Å². The zero-order chi connectivity index (χ0) is 16.7. The van der Waals surface area contributed by atoms with Crippen molar-refractivity contribution in [1.82, 2.24) is 5.32 Å². The Hall–Kier alpha value is -1.59. The van der Waals surface area contributed by atoms with Gasteiger partial charge in [-0.25, -0.2) is 0 Å². The van der Waals surface area contributed by atoms with E-state index in [4.69, 9.17) is 21.4 Å². The second kappa shape index (κ2) is 8.89. The Kier molecular flexibility index (Phi) is 6.86. The van der Waals surface area contributed by atoms with E-state index in [2.05, 4.69) is 5.32 Å². The smallest absolute Gasteiger partial charge is 0.305 e. The molecule has 1 saturated heterocycles. The lowest BCUT2D eigenvalue weighted by Gasteiger charge is -2.23. The molecule has 1 aliphatic rings. The van der Waals surface area contributed by atoms with Crippen molar-refractivity contribution >= 4 is 23.5 Å². The molecule has 1 amide bonds. The van der Waals surface area contributed by atoms with Crippen LogP contribution in [0.25, 0.3) is 0 Å². The van der Waals surface area contributed by atoms with Crippen LogP contribution in [0.3, 0.4) is 0 Å². The number of amides is 1. The van der Waals surface area contributed by atoms with Gasteiger partial charge in [-0.3, -0.25) is 9.59 Å². The minimum absolute atomic E-state index is 0.142. The van der Waals surface area contributed by atoms with Gasteiger partial charge in [0.1, 0.15) is 0 Å². The number of benzene rings is 1. The molecular formula is C17H22ClNO4. The highest BCUT2D eigenvalue weighted by Crippen LogP contribution is 2.21. The first-order chi connectivity index (χ1) is 11.0. The topological polar surface area (TPSA) is 75.6 Å². The van der Waals surface area contributed by atoms with Crippen LogP contribution in [-0.4, -0.2) is 29.7 Å². The fourth-order valence-electron chi connectivity index (χ4n) is 2.72.